The zero-order valence-electron chi connectivity index (χ0n) is 18.7. The molecule has 1 fully saturated rings. The van der Waals surface area contributed by atoms with E-state index < -0.39 is 42.2 Å². The number of fused-ring (bicyclic) bond motifs is 1. The molecule has 1 aromatic heterocycles. The van der Waals surface area contributed by atoms with E-state index in [1.54, 1.807) is 34.7 Å². The van der Waals surface area contributed by atoms with E-state index in [4.69, 9.17) is 21.4 Å². The molecular weight excluding hydrogens is 517 g/mol. The molecule has 0 bridgehead atoms. The molecule has 3 aromatic rings. The number of carboxylic acids is 1. The molecule has 1 saturated carbocycles. The van der Waals surface area contributed by atoms with Gasteiger partial charge in [-0.25, -0.2) is 9.78 Å². The van der Waals surface area contributed by atoms with Gasteiger partial charge in [-0.2, -0.15) is 13.2 Å². The zero-order valence-corrected chi connectivity index (χ0v) is 20.2. The fraction of sp³-hybridized carbons (Fsp3) is 0.320. The van der Waals surface area contributed by atoms with E-state index in [2.05, 4.69) is 4.98 Å². The van der Waals surface area contributed by atoms with Crippen LogP contribution >= 0.6 is 22.9 Å². The predicted octanol–water partition coefficient (Wildman–Crippen LogP) is 5.56. The minimum Gasteiger partial charge on any atom is -0.482 e. The largest absolute Gasteiger partial charge is 0.482 e. The maximum atomic E-state index is 13.7. The Kier molecular flexibility index (Phi) is 6.42. The summed E-state index contributed by atoms with van der Waals surface area (Å²) in [4.78, 5) is 31.7. The van der Waals surface area contributed by atoms with Gasteiger partial charge in [0.25, 0.3) is 0 Å². The number of aliphatic carboxylic acids is 1. The molecule has 36 heavy (non-hydrogen) atoms. The Bertz CT molecular complexity index is 1330. The number of hydrogen-bond donors (Lipinski definition) is 1. The minimum absolute atomic E-state index is 0.128. The number of carbonyl (C=O) groups is 2. The maximum absolute atomic E-state index is 13.7. The normalized spacial score (nSPS) is 21.1. The number of thiazole rings is 1. The standard InChI is InChI=1S/C25H20ClF3N2O4S/c26-13-5-6-20(35-11-21(32)33)17(9-13)22-23-19(30-12-36-23)7-8-31(22)24(34)16-10-15(16)14-3-1-2-4-18(14)25(27,28)29/h1-6,9,12,15-16,22H,7-8,10-11H2,(H,32,33)/t15-,16+,22-/m0/s1. The van der Waals surface area contributed by atoms with Crippen LogP contribution in [0.25, 0.3) is 0 Å². The van der Waals surface area contributed by atoms with Crippen molar-refractivity contribution in [1.29, 1.82) is 0 Å². The summed E-state index contributed by atoms with van der Waals surface area (Å²) in [7, 11) is 0. The van der Waals surface area contributed by atoms with Gasteiger partial charge in [0.2, 0.25) is 5.91 Å². The van der Waals surface area contributed by atoms with E-state index in [1.165, 1.54) is 23.5 Å². The summed E-state index contributed by atoms with van der Waals surface area (Å²) in [6.07, 6.45) is -3.68. The van der Waals surface area contributed by atoms with Gasteiger partial charge in [0.1, 0.15) is 5.75 Å². The molecule has 3 atom stereocenters. The minimum atomic E-state index is -4.50. The highest BCUT2D eigenvalue weighted by atomic mass is 35.5. The quantitative estimate of drug-likeness (QED) is 0.446. The summed E-state index contributed by atoms with van der Waals surface area (Å²) < 4.78 is 46.2. The number of rotatable bonds is 6. The van der Waals surface area contributed by atoms with Gasteiger partial charge in [-0.05, 0) is 42.2 Å². The summed E-state index contributed by atoms with van der Waals surface area (Å²) in [5.41, 5.74) is 2.41. The molecule has 2 aliphatic rings. The Morgan fingerprint density at radius 1 is 1.19 bits per heavy atom. The van der Waals surface area contributed by atoms with Crippen LogP contribution in [0.3, 0.4) is 0 Å². The van der Waals surface area contributed by atoms with Crippen LogP contribution in [0.5, 0.6) is 5.75 Å². The smallest absolute Gasteiger partial charge is 0.416 e. The van der Waals surface area contributed by atoms with Crippen molar-refractivity contribution in [2.45, 2.75) is 31.0 Å². The Hall–Kier alpha value is -3.11. The number of aromatic nitrogens is 1. The summed E-state index contributed by atoms with van der Waals surface area (Å²) in [6, 6.07) is 9.47. The number of amides is 1. The summed E-state index contributed by atoms with van der Waals surface area (Å²) in [5, 5.41) is 9.47. The molecule has 0 saturated heterocycles. The molecule has 2 aromatic carbocycles. The summed E-state index contributed by atoms with van der Waals surface area (Å²) in [6.45, 7) is -0.265. The molecular formula is C25H20ClF3N2O4S. The highest BCUT2D eigenvalue weighted by Crippen LogP contribution is 2.53. The molecule has 1 aliphatic carbocycles. The van der Waals surface area contributed by atoms with Crippen molar-refractivity contribution < 1.29 is 32.6 Å². The van der Waals surface area contributed by atoms with Crippen LogP contribution < -0.4 is 4.74 Å². The summed E-state index contributed by atoms with van der Waals surface area (Å²) >= 11 is 7.63. The van der Waals surface area contributed by atoms with Crippen LogP contribution in [-0.2, 0) is 22.2 Å². The van der Waals surface area contributed by atoms with E-state index in [9.17, 15) is 22.8 Å². The first-order valence-electron chi connectivity index (χ1n) is 11.2. The second-order valence-electron chi connectivity index (χ2n) is 8.75. The van der Waals surface area contributed by atoms with Crippen LogP contribution in [0, 0.1) is 5.92 Å². The van der Waals surface area contributed by atoms with Gasteiger partial charge in [-0.3, -0.25) is 4.79 Å². The van der Waals surface area contributed by atoms with Crippen molar-refractivity contribution >= 4 is 34.8 Å². The van der Waals surface area contributed by atoms with Crippen molar-refractivity contribution in [2.75, 3.05) is 13.2 Å². The molecule has 188 valence electrons. The zero-order chi connectivity index (χ0) is 25.6. The Balaban J connectivity index is 1.49. The average Bonchev–Trinajstić information content (AvgIpc) is 3.49. The predicted molar refractivity (Wildman–Crippen MR) is 126 cm³/mol. The highest BCUT2D eigenvalue weighted by molar-refractivity contribution is 7.09. The van der Waals surface area contributed by atoms with Gasteiger partial charge >= 0.3 is 12.1 Å². The number of halogens is 4. The van der Waals surface area contributed by atoms with E-state index in [1.807, 2.05) is 0 Å². The van der Waals surface area contributed by atoms with Gasteiger partial charge in [-0.15, -0.1) is 11.3 Å². The fourth-order valence-corrected chi connectivity index (χ4v) is 5.99. The number of hydrogen-bond acceptors (Lipinski definition) is 5. The molecule has 5 rings (SSSR count). The fourth-order valence-electron chi connectivity index (χ4n) is 4.84. The van der Waals surface area contributed by atoms with Crippen molar-refractivity contribution in [3.63, 3.8) is 0 Å². The average molecular weight is 537 g/mol. The Labute approximate surface area is 213 Å². The Morgan fingerprint density at radius 3 is 2.72 bits per heavy atom. The molecule has 6 nitrogen and oxygen atoms in total. The molecule has 0 unspecified atom stereocenters. The number of nitrogens with zero attached hydrogens (tertiary/aromatic N) is 2. The third kappa shape index (κ3) is 4.67. The molecule has 0 radical (unpaired) electrons. The first-order chi connectivity index (χ1) is 17.1. The van der Waals surface area contributed by atoms with Gasteiger partial charge in [0, 0.05) is 29.5 Å². The van der Waals surface area contributed by atoms with Crippen molar-refractivity contribution in [3.05, 3.63) is 80.3 Å². The van der Waals surface area contributed by atoms with E-state index in [-0.39, 0.29) is 17.2 Å². The summed E-state index contributed by atoms with van der Waals surface area (Å²) in [5.74, 6) is -2.27. The lowest BCUT2D eigenvalue weighted by atomic mass is 9.95. The van der Waals surface area contributed by atoms with Crippen LogP contribution in [0.15, 0.2) is 48.0 Å². The first-order valence-corrected chi connectivity index (χ1v) is 12.4. The molecule has 11 heteroatoms. The van der Waals surface area contributed by atoms with Gasteiger partial charge < -0.3 is 14.7 Å². The molecule has 1 N–H and O–H groups in total. The molecule has 1 amide bonds. The second kappa shape index (κ2) is 9.40. The third-order valence-electron chi connectivity index (χ3n) is 6.50. The van der Waals surface area contributed by atoms with Gasteiger partial charge in [0.15, 0.2) is 6.61 Å². The Morgan fingerprint density at radius 2 is 1.97 bits per heavy atom. The second-order valence-corrected chi connectivity index (χ2v) is 10.1. The van der Waals surface area contributed by atoms with E-state index in [0.29, 0.717) is 30.0 Å². The molecule has 0 spiro atoms. The van der Waals surface area contributed by atoms with Crippen LogP contribution in [0.1, 0.15) is 45.6 Å². The number of ether oxygens (including phenoxy) is 1. The topological polar surface area (TPSA) is 79.7 Å². The monoisotopic (exact) mass is 536 g/mol. The number of alkyl halides is 3. The van der Waals surface area contributed by atoms with Gasteiger partial charge in [0.05, 0.1) is 27.7 Å². The number of carboxylic acid groups (broad SMARTS) is 1. The first kappa shape index (κ1) is 24.6. The van der Waals surface area contributed by atoms with E-state index >= 15 is 0 Å². The SMILES string of the molecule is O=C(O)COc1ccc(Cl)cc1[C@H]1c2scnc2CCN1C(=O)[C@@H]1C[C@H]1c1ccccc1C(F)(F)F. The third-order valence-corrected chi connectivity index (χ3v) is 7.65. The van der Waals surface area contributed by atoms with Crippen molar-refractivity contribution in [1.82, 2.24) is 9.88 Å². The van der Waals surface area contributed by atoms with E-state index in [0.717, 1.165) is 16.6 Å². The number of benzene rings is 2. The van der Waals surface area contributed by atoms with Crippen molar-refractivity contribution in [3.8, 4) is 5.75 Å². The maximum Gasteiger partial charge on any atom is 0.416 e. The van der Waals surface area contributed by atoms with Crippen LogP contribution in [-0.4, -0.2) is 40.0 Å². The van der Waals surface area contributed by atoms with Gasteiger partial charge in [-0.1, -0.05) is 29.8 Å². The lowest BCUT2D eigenvalue weighted by molar-refractivity contribution is -0.139. The molecule has 2 heterocycles. The lowest BCUT2D eigenvalue weighted by Gasteiger charge is -2.36. The number of carbonyl (C=O) groups excluding carboxylic acids is 1. The van der Waals surface area contributed by atoms with Crippen LogP contribution in [0.2, 0.25) is 5.02 Å². The van der Waals surface area contributed by atoms with Crippen LogP contribution in [0.4, 0.5) is 13.2 Å². The highest BCUT2D eigenvalue weighted by Gasteiger charge is 2.51. The lowest BCUT2D eigenvalue weighted by Crippen LogP contribution is -2.41. The molecule has 1 aliphatic heterocycles. The van der Waals surface area contributed by atoms with Crippen molar-refractivity contribution in [2.24, 2.45) is 5.92 Å².